The van der Waals surface area contributed by atoms with Gasteiger partial charge in [0.1, 0.15) is 6.29 Å². The van der Waals surface area contributed by atoms with Gasteiger partial charge in [0, 0.05) is 0 Å². The first-order chi connectivity index (χ1) is 9.47. The van der Waals surface area contributed by atoms with Gasteiger partial charge in [0.25, 0.3) is 0 Å². The van der Waals surface area contributed by atoms with Crippen molar-refractivity contribution in [2.24, 2.45) is 0 Å². The summed E-state index contributed by atoms with van der Waals surface area (Å²) in [4.78, 5) is 8.81. The Kier molecular flexibility index (Phi) is 27.3. The number of carbonyl (C=O) groups is 1. The predicted octanol–water partition coefficient (Wildman–Crippen LogP) is 0.593. The minimum atomic E-state index is -4.48. The summed E-state index contributed by atoms with van der Waals surface area (Å²) in [6, 6.07) is 0. The number of aldehydes is 1. The van der Waals surface area contributed by atoms with Crippen LogP contribution in [0.1, 0.15) is 78.1 Å². The first-order valence-electron chi connectivity index (χ1n) is 7.48. The van der Waals surface area contributed by atoms with Gasteiger partial charge in [-0.1, -0.05) is 64.7 Å². The van der Waals surface area contributed by atoms with Crippen LogP contribution < -0.4 is 51.4 Å². The third kappa shape index (κ3) is 33.8. The fraction of sp³-hybridized carbons (Fsp3) is 0.929. The second-order valence-corrected chi connectivity index (χ2v) is 5.70. The molecule has 0 aliphatic heterocycles. The van der Waals surface area contributed by atoms with Crippen LogP contribution in [0.5, 0.6) is 0 Å². The normalized spacial score (nSPS) is 10.2. The van der Waals surface area contributed by atoms with E-state index in [9.17, 15) is 13.0 Å². The fourth-order valence-electron chi connectivity index (χ4n) is 1.75. The molecule has 0 aliphatic rings. The summed E-state index contributed by atoms with van der Waals surface area (Å²) in [5.41, 5.74) is 0. The molecule has 122 valence electrons. The van der Waals surface area contributed by atoms with Gasteiger partial charge in [-0.05, 0) is 13.3 Å². The van der Waals surface area contributed by atoms with Crippen molar-refractivity contribution in [1.82, 2.24) is 0 Å². The molecule has 0 bridgehead atoms. The standard InChI is InChI=1S/C12H26O4S.C2H4O.K/c1-2-3-4-5-6-7-8-9-10-11-12-16-17(13,14)15;1-2-3;/h2-12H2,1H3,(H,13,14,15);2H,1H3;/q;;+1/p-1. The molecule has 0 unspecified atom stereocenters. The summed E-state index contributed by atoms with van der Waals surface area (Å²) in [6.07, 6.45) is 12.4. The number of carbonyl (C=O) groups excluding carboxylic acids is 1. The SMILES string of the molecule is CC=O.CCCCCCCCCCCCOS(=O)(=O)[O-].[K+]. The molecule has 0 atom stereocenters. The zero-order chi connectivity index (χ0) is 15.7. The molecule has 0 heterocycles. The molecular weight excluding hydrogens is 319 g/mol. The van der Waals surface area contributed by atoms with Gasteiger partial charge >= 0.3 is 51.4 Å². The predicted molar refractivity (Wildman–Crippen MR) is 79.2 cm³/mol. The first-order valence-corrected chi connectivity index (χ1v) is 8.81. The van der Waals surface area contributed by atoms with Gasteiger partial charge in [0.2, 0.25) is 10.4 Å². The second kappa shape index (κ2) is 21.2. The number of hydrogen-bond donors (Lipinski definition) is 0. The van der Waals surface area contributed by atoms with E-state index in [2.05, 4.69) is 11.1 Å². The molecule has 0 saturated carbocycles. The van der Waals surface area contributed by atoms with Gasteiger partial charge in [0.15, 0.2) is 0 Å². The zero-order valence-electron chi connectivity index (χ0n) is 13.8. The Morgan fingerprint density at radius 2 is 1.24 bits per heavy atom. The minimum absolute atomic E-state index is 0. The topological polar surface area (TPSA) is 83.5 Å². The van der Waals surface area contributed by atoms with Crippen LogP contribution in [-0.4, -0.2) is 25.9 Å². The average Bonchev–Trinajstić information content (AvgIpc) is 2.35. The van der Waals surface area contributed by atoms with Crippen LogP contribution in [0.3, 0.4) is 0 Å². The molecule has 0 saturated heterocycles. The van der Waals surface area contributed by atoms with Gasteiger partial charge in [0.05, 0.1) is 6.61 Å². The van der Waals surface area contributed by atoms with Crippen LogP contribution >= 0.6 is 0 Å². The van der Waals surface area contributed by atoms with Crippen molar-refractivity contribution >= 4 is 16.7 Å². The van der Waals surface area contributed by atoms with Crippen LogP contribution in [0, 0.1) is 0 Å². The van der Waals surface area contributed by atoms with Crippen molar-refractivity contribution in [3.8, 4) is 0 Å². The Morgan fingerprint density at radius 1 is 0.905 bits per heavy atom. The fourth-order valence-corrected chi connectivity index (χ4v) is 2.07. The van der Waals surface area contributed by atoms with Gasteiger partial charge in [-0.3, -0.25) is 4.18 Å². The minimum Gasteiger partial charge on any atom is -0.726 e. The van der Waals surface area contributed by atoms with Crippen LogP contribution in [0.15, 0.2) is 0 Å². The summed E-state index contributed by atoms with van der Waals surface area (Å²) in [5.74, 6) is 0. The molecule has 0 spiro atoms. The van der Waals surface area contributed by atoms with Gasteiger partial charge < -0.3 is 9.35 Å². The maximum atomic E-state index is 10.1. The maximum Gasteiger partial charge on any atom is 1.00 e. The number of hydrogen-bond acceptors (Lipinski definition) is 5. The van der Waals surface area contributed by atoms with E-state index in [4.69, 9.17) is 4.79 Å². The molecule has 0 N–H and O–H groups in total. The van der Waals surface area contributed by atoms with Gasteiger partial charge in [-0.25, -0.2) is 8.42 Å². The monoisotopic (exact) mass is 348 g/mol. The van der Waals surface area contributed by atoms with Gasteiger partial charge in [-0.2, -0.15) is 0 Å². The first kappa shape index (κ1) is 27.0. The Hall–Kier alpha value is 1.18. The van der Waals surface area contributed by atoms with E-state index in [0.717, 1.165) is 19.1 Å². The number of unbranched alkanes of at least 4 members (excludes halogenated alkanes) is 9. The molecule has 0 aromatic carbocycles. The second-order valence-electron chi connectivity index (χ2n) is 4.65. The summed E-state index contributed by atoms with van der Waals surface area (Å²) >= 11 is 0. The molecule has 0 amide bonds. The largest absolute Gasteiger partial charge is 1.00 e. The zero-order valence-corrected chi connectivity index (χ0v) is 17.7. The van der Waals surface area contributed by atoms with Crippen LogP contribution in [0.4, 0.5) is 0 Å². The Balaban J connectivity index is -0.000000740. The summed E-state index contributed by atoms with van der Waals surface area (Å²) < 4.78 is 34.5. The van der Waals surface area contributed by atoms with Crippen LogP contribution in [0.25, 0.3) is 0 Å². The Morgan fingerprint density at radius 3 is 1.57 bits per heavy atom. The Labute approximate surface area is 173 Å². The third-order valence-corrected chi connectivity index (χ3v) is 3.18. The van der Waals surface area contributed by atoms with Crippen molar-refractivity contribution in [1.29, 1.82) is 0 Å². The smallest absolute Gasteiger partial charge is 0.726 e. The van der Waals surface area contributed by atoms with Gasteiger partial charge in [-0.15, -0.1) is 0 Å². The molecule has 0 radical (unpaired) electrons. The van der Waals surface area contributed by atoms with Crippen molar-refractivity contribution in [2.45, 2.75) is 78.1 Å². The van der Waals surface area contributed by atoms with Crippen molar-refractivity contribution in [3.63, 3.8) is 0 Å². The van der Waals surface area contributed by atoms with Crippen LogP contribution in [-0.2, 0) is 19.4 Å². The molecule has 21 heavy (non-hydrogen) atoms. The molecule has 0 fully saturated rings. The maximum absolute atomic E-state index is 10.1. The van der Waals surface area contributed by atoms with E-state index < -0.39 is 10.4 Å². The number of rotatable bonds is 12. The van der Waals surface area contributed by atoms with E-state index in [0.29, 0.717) is 6.42 Å². The van der Waals surface area contributed by atoms with E-state index in [1.807, 2.05) is 0 Å². The van der Waals surface area contributed by atoms with Crippen molar-refractivity contribution < 1.29 is 73.3 Å². The van der Waals surface area contributed by atoms with E-state index in [-0.39, 0.29) is 58.0 Å². The molecule has 0 rings (SSSR count). The molecule has 0 aromatic rings. The van der Waals surface area contributed by atoms with Crippen LogP contribution in [0.2, 0.25) is 0 Å². The summed E-state index contributed by atoms with van der Waals surface area (Å²) in [5, 5.41) is 0. The van der Waals surface area contributed by atoms with Crippen molar-refractivity contribution in [3.05, 3.63) is 0 Å². The summed E-state index contributed by atoms with van der Waals surface area (Å²) in [7, 11) is -4.48. The van der Waals surface area contributed by atoms with E-state index >= 15 is 0 Å². The third-order valence-electron chi connectivity index (χ3n) is 2.73. The quantitative estimate of drug-likeness (QED) is 0.169. The molecule has 7 heteroatoms. The Bertz CT molecular complexity index is 294. The van der Waals surface area contributed by atoms with Crippen molar-refractivity contribution in [2.75, 3.05) is 6.61 Å². The van der Waals surface area contributed by atoms with E-state index in [1.54, 1.807) is 0 Å². The molecule has 0 aliphatic carbocycles. The molecular formula is C14H29KO5S. The van der Waals surface area contributed by atoms with E-state index in [1.165, 1.54) is 51.9 Å². The molecule has 5 nitrogen and oxygen atoms in total. The average molecular weight is 349 g/mol. The molecule has 0 aromatic heterocycles. The summed E-state index contributed by atoms with van der Waals surface area (Å²) in [6.45, 7) is 3.69.